The molecule has 2 aromatic rings. The van der Waals surface area contributed by atoms with E-state index in [4.69, 9.17) is 0 Å². The molecule has 1 saturated heterocycles. The van der Waals surface area contributed by atoms with Gasteiger partial charge in [0.1, 0.15) is 5.69 Å². The van der Waals surface area contributed by atoms with E-state index in [1.807, 2.05) is 18.3 Å². The van der Waals surface area contributed by atoms with Gasteiger partial charge in [0.2, 0.25) is 0 Å². The zero-order valence-corrected chi connectivity index (χ0v) is 15.0. The summed E-state index contributed by atoms with van der Waals surface area (Å²) in [7, 11) is 0. The molecule has 0 radical (unpaired) electrons. The van der Waals surface area contributed by atoms with Gasteiger partial charge in [0.15, 0.2) is 0 Å². The van der Waals surface area contributed by atoms with Crippen LogP contribution >= 0.6 is 24.8 Å². The zero-order chi connectivity index (χ0) is 15.2. The zero-order valence-electron chi connectivity index (χ0n) is 13.4. The van der Waals surface area contributed by atoms with Crippen LogP contribution in [-0.4, -0.2) is 40.3 Å². The molecule has 3 heterocycles. The topological polar surface area (TPSA) is 71.8 Å². The van der Waals surface area contributed by atoms with Crippen molar-refractivity contribution in [2.45, 2.75) is 19.3 Å². The molecule has 1 unspecified atom stereocenters. The van der Waals surface area contributed by atoms with Crippen molar-refractivity contribution in [3.63, 3.8) is 0 Å². The summed E-state index contributed by atoms with van der Waals surface area (Å²) in [5.74, 6) is 0.537. The summed E-state index contributed by atoms with van der Waals surface area (Å²) in [5, 5.41) is 10.5. The molecule has 3 rings (SSSR count). The van der Waals surface area contributed by atoms with E-state index in [2.05, 4.69) is 20.7 Å². The van der Waals surface area contributed by atoms with Crippen molar-refractivity contribution in [1.29, 1.82) is 0 Å². The normalized spacial score (nSPS) is 16.6. The van der Waals surface area contributed by atoms with Gasteiger partial charge in [-0.25, -0.2) is 4.68 Å². The van der Waals surface area contributed by atoms with Crippen LogP contribution in [0.2, 0.25) is 0 Å². The molecule has 1 atom stereocenters. The molecule has 1 fully saturated rings. The Kier molecular flexibility index (Phi) is 8.74. The van der Waals surface area contributed by atoms with Crippen molar-refractivity contribution in [3.05, 3.63) is 42.5 Å². The van der Waals surface area contributed by atoms with E-state index in [0.717, 1.165) is 25.2 Å². The minimum Gasteiger partial charge on any atom is -0.351 e. The van der Waals surface area contributed by atoms with E-state index in [9.17, 15) is 4.79 Å². The number of nitrogens with one attached hydrogen (secondary N) is 2. The predicted molar refractivity (Wildman–Crippen MR) is 98.4 cm³/mol. The van der Waals surface area contributed by atoms with E-state index in [1.165, 1.54) is 12.8 Å². The number of rotatable bonds is 5. The van der Waals surface area contributed by atoms with Gasteiger partial charge >= 0.3 is 0 Å². The quantitative estimate of drug-likeness (QED) is 0.845. The van der Waals surface area contributed by atoms with Crippen LogP contribution in [0.1, 0.15) is 29.8 Å². The SMILES string of the molecule is Cl.Cl.O=C(NCCC1CCCNC1)c1cc(-n2cccn2)ccn1. The Morgan fingerprint density at radius 3 is 2.96 bits per heavy atom. The maximum Gasteiger partial charge on any atom is 0.269 e. The number of hydrogen-bond acceptors (Lipinski definition) is 4. The van der Waals surface area contributed by atoms with E-state index >= 15 is 0 Å². The lowest BCUT2D eigenvalue weighted by atomic mass is 9.96. The summed E-state index contributed by atoms with van der Waals surface area (Å²) in [6.45, 7) is 2.87. The molecule has 0 aliphatic carbocycles. The molecule has 2 aromatic heterocycles. The first-order chi connectivity index (χ1) is 10.8. The van der Waals surface area contributed by atoms with Gasteiger partial charge in [0.25, 0.3) is 5.91 Å². The van der Waals surface area contributed by atoms with Crippen LogP contribution in [0.4, 0.5) is 0 Å². The van der Waals surface area contributed by atoms with Crippen molar-refractivity contribution in [2.24, 2.45) is 5.92 Å². The van der Waals surface area contributed by atoms with Crippen LogP contribution in [0.15, 0.2) is 36.8 Å². The fourth-order valence-corrected chi connectivity index (χ4v) is 2.76. The van der Waals surface area contributed by atoms with Crippen LogP contribution in [0, 0.1) is 5.92 Å². The molecule has 0 aromatic carbocycles. The number of pyridine rings is 1. The molecular weight excluding hydrogens is 349 g/mol. The third-order valence-corrected chi connectivity index (χ3v) is 3.98. The second-order valence-corrected chi connectivity index (χ2v) is 5.61. The lowest BCUT2D eigenvalue weighted by Gasteiger charge is -2.22. The Hall–Kier alpha value is -1.63. The molecule has 1 aliphatic rings. The van der Waals surface area contributed by atoms with Gasteiger partial charge in [-0.1, -0.05) is 0 Å². The van der Waals surface area contributed by atoms with Gasteiger partial charge in [0, 0.05) is 25.1 Å². The van der Waals surface area contributed by atoms with E-state index in [1.54, 1.807) is 23.1 Å². The van der Waals surface area contributed by atoms with Gasteiger partial charge in [-0.3, -0.25) is 9.78 Å². The van der Waals surface area contributed by atoms with Gasteiger partial charge in [-0.2, -0.15) is 5.10 Å². The van der Waals surface area contributed by atoms with Crippen molar-refractivity contribution in [2.75, 3.05) is 19.6 Å². The summed E-state index contributed by atoms with van der Waals surface area (Å²) in [6, 6.07) is 5.43. The van der Waals surface area contributed by atoms with E-state index < -0.39 is 0 Å². The largest absolute Gasteiger partial charge is 0.351 e. The lowest BCUT2D eigenvalue weighted by molar-refractivity contribution is 0.0945. The molecule has 1 aliphatic heterocycles. The second-order valence-electron chi connectivity index (χ2n) is 5.61. The average molecular weight is 372 g/mol. The number of aromatic nitrogens is 3. The number of halogens is 2. The lowest BCUT2D eigenvalue weighted by Crippen LogP contribution is -2.33. The first-order valence-corrected chi connectivity index (χ1v) is 7.78. The van der Waals surface area contributed by atoms with Crippen LogP contribution < -0.4 is 10.6 Å². The Bertz CT molecular complexity index is 615. The molecule has 0 saturated carbocycles. The number of hydrogen-bond donors (Lipinski definition) is 2. The first-order valence-electron chi connectivity index (χ1n) is 7.78. The van der Waals surface area contributed by atoms with Gasteiger partial charge in [-0.05, 0) is 56.5 Å². The summed E-state index contributed by atoms with van der Waals surface area (Å²) in [5.41, 5.74) is 1.26. The highest BCUT2D eigenvalue weighted by molar-refractivity contribution is 5.92. The third-order valence-electron chi connectivity index (χ3n) is 3.98. The standard InChI is InChI=1S/C16H21N5O.2ClH/c22-16(19-8-4-13-3-1-6-17-12-13)15-11-14(5-9-18-15)21-10-2-7-20-21;;/h2,5,7,9-11,13,17H,1,3-4,6,8,12H2,(H,19,22);2*1H. The smallest absolute Gasteiger partial charge is 0.269 e. The molecular formula is C16H23Cl2N5O. The van der Waals surface area contributed by atoms with Crippen molar-refractivity contribution >= 4 is 30.7 Å². The predicted octanol–water partition coefficient (Wildman–Crippen LogP) is 2.23. The molecule has 6 nitrogen and oxygen atoms in total. The summed E-state index contributed by atoms with van der Waals surface area (Å²) < 4.78 is 1.71. The number of piperidine rings is 1. The minimum absolute atomic E-state index is 0. The van der Waals surface area contributed by atoms with Crippen LogP contribution in [0.5, 0.6) is 0 Å². The summed E-state index contributed by atoms with van der Waals surface area (Å²) >= 11 is 0. The molecule has 24 heavy (non-hydrogen) atoms. The monoisotopic (exact) mass is 371 g/mol. The summed E-state index contributed by atoms with van der Waals surface area (Å²) in [6.07, 6.45) is 8.67. The van der Waals surface area contributed by atoms with Crippen LogP contribution in [-0.2, 0) is 0 Å². The average Bonchev–Trinajstić information content (AvgIpc) is 3.10. The number of carbonyl (C=O) groups excluding carboxylic acids is 1. The summed E-state index contributed by atoms with van der Waals surface area (Å²) in [4.78, 5) is 16.3. The molecule has 0 spiro atoms. The molecule has 132 valence electrons. The fraction of sp³-hybridized carbons (Fsp3) is 0.438. The molecule has 2 N–H and O–H groups in total. The molecule has 0 bridgehead atoms. The van der Waals surface area contributed by atoms with Crippen molar-refractivity contribution in [3.8, 4) is 5.69 Å². The minimum atomic E-state index is -0.127. The molecule has 8 heteroatoms. The van der Waals surface area contributed by atoms with Crippen molar-refractivity contribution < 1.29 is 4.79 Å². The Labute approximate surface area is 154 Å². The Balaban J connectivity index is 0.00000144. The van der Waals surface area contributed by atoms with Crippen LogP contribution in [0.25, 0.3) is 5.69 Å². The van der Waals surface area contributed by atoms with Gasteiger partial charge < -0.3 is 10.6 Å². The van der Waals surface area contributed by atoms with E-state index in [-0.39, 0.29) is 30.7 Å². The fourth-order valence-electron chi connectivity index (χ4n) is 2.76. The second kappa shape index (κ2) is 10.3. The van der Waals surface area contributed by atoms with Gasteiger partial charge in [-0.15, -0.1) is 24.8 Å². The van der Waals surface area contributed by atoms with Crippen molar-refractivity contribution in [1.82, 2.24) is 25.4 Å². The Morgan fingerprint density at radius 2 is 2.25 bits per heavy atom. The highest BCUT2D eigenvalue weighted by Crippen LogP contribution is 2.13. The maximum atomic E-state index is 12.2. The van der Waals surface area contributed by atoms with E-state index in [0.29, 0.717) is 18.2 Å². The maximum absolute atomic E-state index is 12.2. The highest BCUT2D eigenvalue weighted by Gasteiger charge is 2.14. The number of carbonyl (C=O) groups is 1. The van der Waals surface area contributed by atoms with Gasteiger partial charge in [0.05, 0.1) is 5.69 Å². The third kappa shape index (κ3) is 5.47. The number of nitrogens with zero attached hydrogens (tertiary/aromatic N) is 3. The number of amides is 1. The molecule has 1 amide bonds. The highest BCUT2D eigenvalue weighted by atomic mass is 35.5. The Morgan fingerprint density at radius 1 is 1.38 bits per heavy atom. The van der Waals surface area contributed by atoms with Crippen LogP contribution in [0.3, 0.4) is 0 Å². The first kappa shape index (κ1) is 20.4.